The van der Waals surface area contributed by atoms with E-state index in [9.17, 15) is 13.2 Å². The molecule has 0 aromatic rings. The summed E-state index contributed by atoms with van der Waals surface area (Å²) in [4.78, 5) is 10.6. The lowest BCUT2D eigenvalue weighted by Crippen LogP contribution is -2.45. The van der Waals surface area contributed by atoms with Crippen LogP contribution in [0, 0.1) is 11.8 Å². The Morgan fingerprint density at radius 2 is 1.83 bits per heavy atom. The highest BCUT2D eigenvalue weighted by atomic mass is 127. The summed E-state index contributed by atoms with van der Waals surface area (Å²) in [6, 6.07) is 0. The van der Waals surface area contributed by atoms with Gasteiger partial charge in [0.15, 0.2) is 5.96 Å². The molecule has 0 aromatic heterocycles. The lowest BCUT2D eigenvalue weighted by atomic mass is 9.97. The third-order valence-electron chi connectivity index (χ3n) is 6.03. The summed E-state index contributed by atoms with van der Waals surface area (Å²) in [5.41, 5.74) is 0. The molecular formula is C20H39F3IN5O. The zero-order valence-electron chi connectivity index (χ0n) is 18.6. The van der Waals surface area contributed by atoms with Crippen molar-refractivity contribution in [1.29, 1.82) is 0 Å². The first kappa shape index (κ1) is 27.7. The number of methoxy groups -OCH3 is 1. The number of alkyl halides is 3. The molecule has 2 heterocycles. The van der Waals surface area contributed by atoms with Gasteiger partial charge in [-0.15, -0.1) is 24.0 Å². The largest absolute Gasteiger partial charge is 0.401 e. The molecule has 30 heavy (non-hydrogen) atoms. The molecule has 0 amide bonds. The van der Waals surface area contributed by atoms with Crippen LogP contribution in [0.15, 0.2) is 4.99 Å². The summed E-state index contributed by atoms with van der Waals surface area (Å²) in [7, 11) is 3.52. The van der Waals surface area contributed by atoms with Crippen LogP contribution in [0.5, 0.6) is 0 Å². The Morgan fingerprint density at radius 3 is 2.40 bits per heavy atom. The third kappa shape index (κ3) is 9.86. The number of guanidine groups is 1. The van der Waals surface area contributed by atoms with Crippen molar-refractivity contribution in [3.8, 4) is 0 Å². The molecule has 2 aliphatic rings. The molecule has 2 fully saturated rings. The van der Waals surface area contributed by atoms with E-state index in [1.165, 1.54) is 17.7 Å². The molecule has 2 rings (SSSR count). The van der Waals surface area contributed by atoms with Crippen LogP contribution in [0.1, 0.15) is 26.2 Å². The number of aliphatic imine (C=N–C) groups is 1. The minimum Gasteiger partial charge on any atom is -0.383 e. The first-order valence-corrected chi connectivity index (χ1v) is 10.8. The van der Waals surface area contributed by atoms with E-state index in [0.29, 0.717) is 19.0 Å². The lowest BCUT2D eigenvalue weighted by Gasteiger charge is -2.32. The van der Waals surface area contributed by atoms with Gasteiger partial charge in [-0.3, -0.25) is 9.89 Å². The molecule has 2 aliphatic heterocycles. The molecule has 1 unspecified atom stereocenters. The van der Waals surface area contributed by atoms with Crippen molar-refractivity contribution in [2.75, 3.05) is 79.7 Å². The number of rotatable bonds is 9. The topological polar surface area (TPSA) is 43.3 Å². The van der Waals surface area contributed by atoms with Gasteiger partial charge in [-0.2, -0.15) is 13.2 Å². The van der Waals surface area contributed by atoms with Crippen LogP contribution in [0.25, 0.3) is 0 Å². The van der Waals surface area contributed by atoms with E-state index in [-0.39, 0.29) is 29.9 Å². The van der Waals surface area contributed by atoms with Gasteiger partial charge in [0.25, 0.3) is 0 Å². The van der Waals surface area contributed by atoms with Gasteiger partial charge in [-0.05, 0) is 50.7 Å². The molecule has 10 heteroatoms. The van der Waals surface area contributed by atoms with Crippen molar-refractivity contribution in [2.45, 2.75) is 32.4 Å². The number of ether oxygens (including phenoxy) is 1. The Morgan fingerprint density at radius 1 is 1.17 bits per heavy atom. The Hall–Kier alpha value is -0.330. The fourth-order valence-corrected chi connectivity index (χ4v) is 4.30. The summed E-state index contributed by atoms with van der Waals surface area (Å²) < 4.78 is 43.2. The van der Waals surface area contributed by atoms with Gasteiger partial charge < -0.3 is 19.9 Å². The van der Waals surface area contributed by atoms with Crippen molar-refractivity contribution >= 4 is 29.9 Å². The number of nitrogens with zero attached hydrogens (tertiary/aromatic N) is 4. The SMILES string of the molecule is CCN(CC1CCN(C(=NC)NCC2CCN(CCOC)CC2)C1)CC(F)(F)F.I. The zero-order chi connectivity index (χ0) is 21.3. The molecule has 0 saturated carbocycles. The highest BCUT2D eigenvalue weighted by Gasteiger charge is 2.33. The summed E-state index contributed by atoms with van der Waals surface area (Å²) in [6.45, 7) is 8.39. The maximum atomic E-state index is 12.7. The van der Waals surface area contributed by atoms with Crippen molar-refractivity contribution < 1.29 is 17.9 Å². The van der Waals surface area contributed by atoms with Gasteiger partial charge in [-0.1, -0.05) is 6.92 Å². The van der Waals surface area contributed by atoms with Crippen LogP contribution in [0.4, 0.5) is 13.2 Å². The summed E-state index contributed by atoms with van der Waals surface area (Å²) in [5, 5.41) is 3.50. The van der Waals surface area contributed by atoms with Gasteiger partial charge >= 0.3 is 6.18 Å². The van der Waals surface area contributed by atoms with Crippen LogP contribution in [-0.2, 0) is 4.74 Å². The first-order valence-electron chi connectivity index (χ1n) is 10.8. The van der Waals surface area contributed by atoms with E-state index in [4.69, 9.17) is 4.74 Å². The fraction of sp³-hybridized carbons (Fsp3) is 0.950. The van der Waals surface area contributed by atoms with E-state index < -0.39 is 12.7 Å². The number of nitrogens with one attached hydrogen (secondary N) is 1. The van der Waals surface area contributed by atoms with Crippen LogP contribution in [-0.4, -0.2) is 107 Å². The Bertz CT molecular complexity index is 501. The molecule has 0 aromatic carbocycles. The number of likely N-dealkylation sites (tertiary alicyclic amines) is 2. The highest BCUT2D eigenvalue weighted by Crippen LogP contribution is 2.22. The van der Waals surface area contributed by atoms with Crippen molar-refractivity contribution in [3.05, 3.63) is 0 Å². The molecule has 1 atom stereocenters. The van der Waals surface area contributed by atoms with Crippen LogP contribution in [0.2, 0.25) is 0 Å². The van der Waals surface area contributed by atoms with Gasteiger partial charge in [0, 0.05) is 46.9 Å². The average Bonchev–Trinajstić information content (AvgIpc) is 3.14. The van der Waals surface area contributed by atoms with Crippen LogP contribution in [0.3, 0.4) is 0 Å². The van der Waals surface area contributed by atoms with E-state index >= 15 is 0 Å². The molecule has 0 radical (unpaired) electrons. The first-order chi connectivity index (χ1) is 13.8. The predicted molar refractivity (Wildman–Crippen MR) is 126 cm³/mol. The highest BCUT2D eigenvalue weighted by molar-refractivity contribution is 14.0. The van der Waals surface area contributed by atoms with Crippen molar-refractivity contribution in [3.63, 3.8) is 0 Å². The number of halogens is 4. The molecule has 178 valence electrons. The second-order valence-corrected chi connectivity index (χ2v) is 8.25. The van der Waals surface area contributed by atoms with E-state index in [1.807, 2.05) is 0 Å². The van der Waals surface area contributed by atoms with E-state index in [0.717, 1.165) is 58.3 Å². The minimum atomic E-state index is -4.13. The maximum Gasteiger partial charge on any atom is 0.401 e. The summed E-state index contributed by atoms with van der Waals surface area (Å²) in [6.07, 6.45) is -0.892. The molecular weight excluding hydrogens is 510 g/mol. The smallest absolute Gasteiger partial charge is 0.383 e. The maximum absolute atomic E-state index is 12.7. The normalized spacial score (nSPS) is 21.9. The van der Waals surface area contributed by atoms with Gasteiger partial charge in [0.2, 0.25) is 0 Å². The monoisotopic (exact) mass is 549 g/mol. The van der Waals surface area contributed by atoms with Crippen molar-refractivity contribution in [1.82, 2.24) is 20.0 Å². The molecule has 6 nitrogen and oxygen atoms in total. The minimum absolute atomic E-state index is 0. The van der Waals surface area contributed by atoms with Gasteiger partial charge in [-0.25, -0.2) is 0 Å². The van der Waals surface area contributed by atoms with Gasteiger partial charge in [0.1, 0.15) is 0 Å². The van der Waals surface area contributed by atoms with Crippen molar-refractivity contribution in [2.24, 2.45) is 16.8 Å². The molecule has 0 spiro atoms. The van der Waals surface area contributed by atoms with Crippen LogP contribution < -0.4 is 5.32 Å². The third-order valence-corrected chi connectivity index (χ3v) is 6.03. The van der Waals surface area contributed by atoms with Crippen LogP contribution >= 0.6 is 24.0 Å². The fourth-order valence-electron chi connectivity index (χ4n) is 4.30. The Kier molecular flexibility index (Phi) is 12.9. The van der Waals surface area contributed by atoms with E-state index in [1.54, 1.807) is 21.1 Å². The second-order valence-electron chi connectivity index (χ2n) is 8.25. The lowest BCUT2D eigenvalue weighted by molar-refractivity contribution is -0.146. The number of hydrogen-bond acceptors (Lipinski definition) is 4. The summed E-state index contributed by atoms with van der Waals surface area (Å²) in [5.74, 6) is 1.76. The predicted octanol–water partition coefficient (Wildman–Crippen LogP) is 2.74. The molecule has 0 bridgehead atoms. The average molecular weight is 549 g/mol. The summed E-state index contributed by atoms with van der Waals surface area (Å²) >= 11 is 0. The molecule has 0 aliphatic carbocycles. The Labute approximate surface area is 196 Å². The van der Waals surface area contributed by atoms with Gasteiger partial charge in [0.05, 0.1) is 13.2 Å². The molecule has 1 N–H and O–H groups in total. The Balaban J connectivity index is 0.00000450. The number of hydrogen-bond donors (Lipinski definition) is 1. The standard InChI is InChI=1S/C20H38F3N5O.HI/c1-4-26(16-20(21,22)23)14-18-7-10-28(15-18)19(24-2)25-13-17-5-8-27(9-6-17)11-12-29-3;/h17-18H,4-16H2,1-3H3,(H,24,25);1H. The quantitative estimate of drug-likeness (QED) is 0.272. The van der Waals surface area contributed by atoms with E-state index in [2.05, 4.69) is 20.1 Å². The molecule has 2 saturated heterocycles. The zero-order valence-corrected chi connectivity index (χ0v) is 20.9. The second kappa shape index (κ2) is 13.9. The number of piperidine rings is 1.